The lowest BCUT2D eigenvalue weighted by Crippen LogP contribution is -2.39. The van der Waals surface area contributed by atoms with Gasteiger partial charge in [-0.25, -0.2) is 9.36 Å². The topological polar surface area (TPSA) is 161 Å². The Morgan fingerprint density at radius 1 is 1.13 bits per heavy atom. The first-order valence-corrected chi connectivity index (χ1v) is 13.1. The number of carbonyl (C=O) groups excluding carboxylic acids is 4. The number of phosphoric acid groups is 1. The normalized spacial score (nSPS) is 30.2. The van der Waals surface area contributed by atoms with E-state index in [2.05, 4.69) is 0 Å². The maximum atomic E-state index is 12.3. The number of phosphoric ester groups is 1. The summed E-state index contributed by atoms with van der Waals surface area (Å²) in [6.45, 7) is 5.34. The average molecular weight is 554 g/mol. The third-order valence-electron chi connectivity index (χ3n) is 5.07. The number of ether oxygens (including phenoxy) is 4. The molecule has 38 heavy (non-hydrogen) atoms. The maximum Gasteiger partial charge on any atom is 0.473 e. The smallest absolute Gasteiger partial charge is 0.462 e. The Morgan fingerprint density at radius 2 is 1.84 bits per heavy atom. The van der Waals surface area contributed by atoms with Crippen molar-refractivity contribution in [1.82, 2.24) is 0 Å². The second kappa shape index (κ2) is 14.0. The highest BCUT2D eigenvalue weighted by molar-refractivity contribution is 7.47. The fourth-order valence-corrected chi connectivity index (χ4v) is 4.81. The van der Waals surface area contributed by atoms with E-state index >= 15 is 0 Å². The number of cyclic esters (lactones) is 1. The van der Waals surface area contributed by atoms with Crippen LogP contribution in [0, 0.1) is 0 Å². The second-order valence-electron chi connectivity index (χ2n) is 8.42. The molecule has 0 aromatic carbocycles. The van der Waals surface area contributed by atoms with Crippen LogP contribution in [-0.4, -0.2) is 65.4 Å². The third kappa shape index (κ3) is 10.6. The molecule has 2 heterocycles. The number of hydrogen-bond acceptors (Lipinski definition) is 11. The molecule has 0 aliphatic carbocycles. The van der Waals surface area contributed by atoms with Gasteiger partial charge in [0.25, 0.3) is 0 Å². The van der Waals surface area contributed by atoms with E-state index in [1.807, 2.05) is 0 Å². The highest BCUT2D eigenvalue weighted by Gasteiger charge is 2.52. The standard InChI is InChI=1S/C25H31O12P/c1-17(26)32-15-9-7-5-6-8-10-20(33-18(2)27)16-23-25(4,37-38(30,31)36-23)14-13-22-21(34-19(3)28)11-12-24(29)35-22/h5-14,20-23H,15-16H2,1-4H3,(H,30,31)/b6-5-,9-7+,10-8-,14-13+/t20-,21-,22-,23+,25+/m0/s1. The minimum Gasteiger partial charge on any atom is -0.462 e. The molecule has 0 saturated carbocycles. The molecule has 12 nitrogen and oxygen atoms in total. The third-order valence-corrected chi connectivity index (χ3v) is 6.22. The molecule has 1 N–H and O–H groups in total. The number of allylic oxidation sites excluding steroid dienone is 4. The van der Waals surface area contributed by atoms with Gasteiger partial charge in [-0.05, 0) is 31.2 Å². The highest BCUT2D eigenvalue weighted by Crippen LogP contribution is 2.58. The second-order valence-corrected chi connectivity index (χ2v) is 9.75. The van der Waals surface area contributed by atoms with Crippen molar-refractivity contribution in [3.05, 3.63) is 60.8 Å². The summed E-state index contributed by atoms with van der Waals surface area (Å²) >= 11 is 0. The molecule has 0 aromatic rings. The fraction of sp³-hybridized carbons (Fsp3) is 0.440. The summed E-state index contributed by atoms with van der Waals surface area (Å²) in [6, 6.07) is 0. The van der Waals surface area contributed by atoms with Gasteiger partial charge in [0.05, 0.1) is 0 Å². The Bertz CT molecular complexity index is 1090. The van der Waals surface area contributed by atoms with E-state index in [1.165, 1.54) is 45.9 Å². The Labute approximate surface area is 220 Å². The Balaban J connectivity index is 2.16. The fourth-order valence-electron chi connectivity index (χ4n) is 3.47. The van der Waals surface area contributed by atoms with E-state index in [4.69, 9.17) is 28.0 Å². The van der Waals surface area contributed by atoms with E-state index < -0.39 is 61.7 Å². The zero-order valence-electron chi connectivity index (χ0n) is 21.4. The van der Waals surface area contributed by atoms with Gasteiger partial charge in [-0.15, -0.1) is 0 Å². The predicted octanol–water partition coefficient (Wildman–Crippen LogP) is 2.78. The molecular weight excluding hydrogens is 523 g/mol. The van der Waals surface area contributed by atoms with E-state index in [0.717, 1.165) is 6.08 Å². The van der Waals surface area contributed by atoms with Gasteiger partial charge < -0.3 is 23.8 Å². The molecule has 1 fully saturated rings. The van der Waals surface area contributed by atoms with Crippen LogP contribution in [0.5, 0.6) is 0 Å². The van der Waals surface area contributed by atoms with Crippen LogP contribution in [0.2, 0.25) is 0 Å². The highest BCUT2D eigenvalue weighted by atomic mass is 31.2. The average Bonchev–Trinajstić information content (AvgIpc) is 3.02. The molecule has 1 unspecified atom stereocenters. The van der Waals surface area contributed by atoms with Gasteiger partial charge in [0.2, 0.25) is 0 Å². The lowest BCUT2D eigenvalue weighted by molar-refractivity contribution is -0.158. The summed E-state index contributed by atoms with van der Waals surface area (Å²) in [5.41, 5.74) is -1.50. The lowest BCUT2D eigenvalue weighted by atomic mass is 9.92. The van der Waals surface area contributed by atoms with Crippen molar-refractivity contribution >= 4 is 31.7 Å². The maximum absolute atomic E-state index is 12.3. The van der Waals surface area contributed by atoms with Gasteiger partial charge in [-0.3, -0.25) is 23.4 Å². The van der Waals surface area contributed by atoms with Crippen molar-refractivity contribution in [1.29, 1.82) is 0 Å². The van der Waals surface area contributed by atoms with E-state index in [9.17, 15) is 28.6 Å². The van der Waals surface area contributed by atoms with Gasteiger partial charge in [-0.2, -0.15) is 0 Å². The monoisotopic (exact) mass is 554 g/mol. The first-order chi connectivity index (χ1) is 17.8. The molecule has 2 aliphatic rings. The predicted molar refractivity (Wildman–Crippen MR) is 132 cm³/mol. The van der Waals surface area contributed by atoms with Crippen LogP contribution >= 0.6 is 7.82 Å². The van der Waals surface area contributed by atoms with Crippen LogP contribution < -0.4 is 0 Å². The molecular formula is C25H31O12P. The molecule has 0 bridgehead atoms. The number of hydrogen-bond donors (Lipinski definition) is 1. The van der Waals surface area contributed by atoms with E-state index in [-0.39, 0.29) is 13.0 Å². The molecule has 2 rings (SSSR count). The molecule has 6 atom stereocenters. The molecule has 0 amide bonds. The number of esters is 4. The van der Waals surface area contributed by atoms with Gasteiger partial charge in [0.1, 0.15) is 24.4 Å². The van der Waals surface area contributed by atoms with Crippen molar-refractivity contribution in [2.75, 3.05) is 6.61 Å². The van der Waals surface area contributed by atoms with Crippen molar-refractivity contribution in [3.8, 4) is 0 Å². The summed E-state index contributed by atoms with van der Waals surface area (Å²) in [5.74, 6) is -2.23. The van der Waals surface area contributed by atoms with Crippen LogP contribution in [0.15, 0.2) is 60.8 Å². The summed E-state index contributed by atoms with van der Waals surface area (Å²) in [6.07, 6.45) is 11.1. The van der Waals surface area contributed by atoms with Crippen molar-refractivity contribution in [3.63, 3.8) is 0 Å². The molecule has 208 valence electrons. The molecule has 0 spiro atoms. The van der Waals surface area contributed by atoms with Crippen molar-refractivity contribution in [2.45, 2.75) is 64.1 Å². The summed E-state index contributed by atoms with van der Waals surface area (Å²) in [5, 5.41) is 0. The van der Waals surface area contributed by atoms with Crippen molar-refractivity contribution in [2.24, 2.45) is 0 Å². The van der Waals surface area contributed by atoms with Crippen molar-refractivity contribution < 1.29 is 56.6 Å². The Hall–Kier alpha value is -3.31. The van der Waals surface area contributed by atoms with Gasteiger partial charge in [0.15, 0.2) is 12.2 Å². The zero-order valence-corrected chi connectivity index (χ0v) is 22.3. The van der Waals surface area contributed by atoms with Crippen LogP contribution in [0.3, 0.4) is 0 Å². The van der Waals surface area contributed by atoms with Gasteiger partial charge in [-0.1, -0.05) is 30.4 Å². The van der Waals surface area contributed by atoms with Crippen LogP contribution in [0.1, 0.15) is 34.1 Å². The summed E-state index contributed by atoms with van der Waals surface area (Å²) < 4.78 is 43.3. The first kappa shape index (κ1) is 30.9. The van der Waals surface area contributed by atoms with E-state index in [1.54, 1.807) is 36.5 Å². The SMILES string of the molecule is CC(=O)OC/C=C/C=C\C=C/[C@@H](C[C@H]1OP(=O)(O)O[C@]1(C)/C=C/[C@@H]1OC(=O)C=C[C@@H]1OC(C)=O)OC(C)=O. The van der Waals surface area contributed by atoms with Crippen LogP contribution in [-0.2, 0) is 51.7 Å². The number of carbonyl (C=O) groups is 4. The largest absolute Gasteiger partial charge is 0.473 e. The number of rotatable bonds is 11. The molecule has 0 radical (unpaired) electrons. The van der Waals surface area contributed by atoms with Gasteiger partial charge >= 0.3 is 31.7 Å². The molecule has 0 aromatic heterocycles. The molecule has 1 saturated heterocycles. The molecule has 13 heteroatoms. The van der Waals surface area contributed by atoms with E-state index in [0.29, 0.717) is 0 Å². The lowest BCUT2D eigenvalue weighted by Gasteiger charge is -2.28. The van der Waals surface area contributed by atoms with Gasteiger partial charge in [0, 0.05) is 33.3 Å². The quantitative estimate of drug-likeness (QED) is 0.131. The zero-order chi connectivity index (χ0) is 28.3. The summed E-state index contributed by atoms with van der Waals surface area (Å²) in [7, 11) is -4.47. The Morgan fingerprint density at radius 3 is 2.50 bits per heavy atom. The first-order valence-electron chi connectivity index (χ1n) is 11.6. The molecule has 2 aliphatic heterocycles. The minimum absolute atomic E-state index is 0.0602. The Kier molecular flexibility index (Phi) is 11.4. The summed E-state index contributed by atoms with van der Waals surface area (Å²) in [4.78, 5) is 55.5. The minimum atomic E-state index is -4.47. The van der Waals surface area contributed by atoms with Crippen LogP contribution in [0.4, 0.5) is 0 Å². The van der Waals surface area contributed by atoms with Crippen LogP contribution in [0.25, 0.3) is 0 Å².